The lowest BCUT2D eigenvalue weighted by molar-refractivity contribution is 0.103. The molecular formula is C43H29NO. The predicted molar refractivity (Wildman–Crippen MR) is 186 cm³/mol. The average Bonchev–Trinajstić information content (AvgIpc) is 3.44. The fourth-order valence-corrected chi connectivity index (χ4v) is 7.17. The van der Waals surface area contributed by atoms with Crippen LogP contribution in [0.1, 0.15) is 38.2 Å². The maximum Gasteiger partial charge on any atom is 0.193 e. The third-order valence-corrected chi connectivity index (χ3v) is 9.47. The number of carbonyl (C=O) groups excluding carboxylic acids is 1. The third-order valence-electron chi connectivity index (χ3n) is 9.47. The standard InChI is InChI=1S/C43H29NO/c45-43(29-8-2-1-3-9-29)30-16-14-28(15-17-30)31-18-19-32-23-36-26-37-27-38(21-20-33(37)24-35(36)25-34(32)22-31)44-41-12-6-4-10-39(41)40-11-5-7-13-42(40)44/h1-23,25,27H,24,26H2. The van der Waals surface area contributed by atoms with Crippen LogP contribution in [0.25, 0.3) is 49.4 Å². The maximum absolute atomic E-state index is 12.9. The van der Waals surface area contributed by atoms with E-state index in [1.54, 1.807) is 0 Å². The Bertz CT molecular complexity index is 2380. The monoisotopic (exact) mass is 575 g/mol. The molecule has 1 aliphatic rings. The lowest BCUT2D eigenvalue weighted by Gasteiger charge is -2.22. The summed E-state index contributed by atoms with van der Waals surface area (Å²) in [7, 11) is 0. The summed E-state index contributed by atoms with van der Waals surface area (Å²) in [5, 5.41) is 5.09. The molecule has 0 radical (unpaired) electrons. The Kier molecular flexibility index (Phi) is 5.82. The molecule has 212 valence electrons. The Morgan fingerprint density at radius 3 is 1.76 bits per heavy atom. The van der Waals surface area contributed by atoms with Gasteiger partial charge < -0.3 is 4.57 Å². The topological polar surface area (TPSA) is 22.0 Å². The molecule has 0 spiro atoms. The first-order chi connectivity index (χ1) is 22.2. The van der Waals surface area contributed by atoms with Crippen LogP contribution in [-0.2, 0) is 12.8 Å². The van der Waals surface area contributed by atoms with Crippen molar-refractivity contribution in [1.82, 2.24) is 4.57 Å². The van der Waals surface area contributed by atoms with Crippen molar-refractivity contribution in [2.24, 2.45) is 0 Å². The molecule has 2 heteroatoms. The van der Waals surface area contributed by atoms with Crippen LogP contribution >= 0.6 is 0 Å². The van der Waals surface area contributed by atoms with E-state index in [0.717, 1.165) is 24.0 Å². The van der Waals surface area contributed by atoms with Crippen LogP contribution in [0.4, 0.5) is 0 Å². The molecule has 0 bridgehead atoms. The fraction of sp³-hybridized carbons (Fsp3) is 0.0465. The van der Waals surface area contributed by atoms with Gasteiger partial charge in [-0.2, -0.15) is 0 Å². The highest BCUT2D eigenvalue weighted by molar-refractivity contribution is 6.10. The molecule has 1 aromatic heterocycles. The van der Waals surface area contributed by atoms with Gasteiger partial charge in [-0.25, -0.2) is 0 Å². The van der Waals surface area contributed by atoms with Crippen molar-refractivity contribution < 1.29 is 4.79 Å². The maximum atomic E-state index is 12.9. The number of fused-ring (bicyclic) bond motifs is 6. The molecule has 9 rings (SSSR count). The van der Waals surface area contributed by atoms with E-state index in [-0.39, 0.29) is 5.78 Å². The van der Waals surface area contributed by atoms with Gasteiger partial charge in [-0.15, -0.1) is 0 Å². The second kappa shape index (κ2) is 10.2. The van der Waals surface area contributed by atoms with Crippen molar-refractivity contribution >= 4 is 38.4 Å². The lowest BCUT2D eigenvalue weighted by atomic mass is 9.84. The zero-order chi connectivity index (χ0) is 29.9. The molecule has 0 amide bonds. The highest BCUT2D eigenvalue weighted by Crippen LogP contribution is 2.36. The summed E-state index contributed by atoms with van der Waals surface area (Å²) >= 11 is 0. The number of nitrogens with zero attached hydrogens (tertiary/aromatic N) is 1. The Morgan fingerprint density at radius 1 is 0.444 bits per heavy atom. The van der Waals surface area contributed by atoms with E-state index in [1.807, 2.05) is 42.5 Å². The zero-order valence-electron chi connectivity index (χ0n) is 24.7. The summed E-state index contributed by atoms with van der Waals surface area (Å²) in [5.41, 5.74) is 13.0. The van der Waals surface area contributed by atoms with E-state index in [4.69, 9.17) is 0 Å². The van der Waals surface area contributed by atoms with E-state index in [0.29, 0.717) is 11.1 Å². The van der Waals surface area contributed by atoms with Crippen LogP contribution < -0.4 is 0 Å². The molecule has 0 unspecified atom stereocenters. The predicted octanol–water partition coefficient (Wildman–Crippen LogP) is 10.3. The first kappa shape index (κ1) is 25.7. The van der Waals surface area contributed by atoms with Gasteiger partial charge in [-0.1, -0.05) is 121 Å². The van der Waals surface area contributed by atoms with E-state index >= 15 is 0 Å². The van der Waals surface area contributed by atoms with Gasteiger partial charge in [0, 0.05) is 27.6 Å². The van der Waals surface area contributed by atoms with Crippen molar-refractivity contribution in [2.75, 3.05) is 0 Å². The van der Waals surface area contributed by atoms with E-state index in [1.165, 1.54) is 60.5 Å². The Balaban J connectivity index is 1.04. The largest absolute Gasteiger partial charge is 0.309 e. The highest BCUT2D eigenvalue weighted by atomic mass is 16.1. The molecule has 7 aromatic carbocycles. The molecule has 0 aliphatic heterocycles. The van der Waals surface area contributed by atoms with Crippen molar-refractivity contribution in [3.8, 4) is 16.8 Å². The van der Waals surface area contributed by atoms with Gasteiger partial charge in [-0.05, 0) is 87.3 Å². The number of hydrogen-bond acceptors (Lipinski definition) is 1. The van der Waals surface area contributed by atoms with Gasteiger partial charge in [0.2, 0.25) is 0 Å². The SMILES string of the molecule is O=C(c1ccccc1)c1ccc(-c2ccc3cc4c(cc3c2)Cc2ccc(-n3c5ccccc5c5ccccc53)cc2C4)cc1. The molecule has 0 saturated carbocycles. The molecule has 0 N–H and O–H groups in total. The molecule has 2 nitrogen and oxygen atoms in total. The molecule has 1 aliphatic carbocycles. The van der Waals surface area contributed by atoms with Crippen molar-refractivity contribution in [3.63, 3.8) is 0 Å². The van der Waals surface area contributed by atoms with Crippen molar-refractivity contribution in [1.29, 1.82) is 0 Å². The van der Waals surface area contributed by atoms with Crippen LogP contribution in [0.3, 0.4) is 0 Å². The number of hydrogen-bond donors (Lipinski definition) is 0. The summed E-state index contributed by atoms with van der Waals surface area (Å²) in [6.45, 7) is 0. The first-order valence-corrected chi connectivity index (χ1v) is 15.6. The number of para-hydroxylation sites is 2. The average molecular weight is 576 g/mol. The summed E-state index contributed by atoms with van der Waals surface area (Å²) < 4.78 is 2.41. The van der Waals surface area contributed by atoms with E-state index in [2.05, 4.69) is 114 Å². The van der Waals surface area contributed by atoms with E-state index < -0.39 is 0 Å². The van der Waals surface area contributed by atoms with Gasteiger partial charge in [0.05, 0.1) is 11.0 Å². The summed E-state index contributed by atoms with van der Waals surface area (Å²) in [4.78, 5) is 12.9. The second-order valence-corrected chi connectivity index (χ2v) is 12.1. The summed E-state index contributed by atoms with van der Waals surface area (Å²) in [5.74, 6) is 0.0507. The zero-order valence-corrected chi connectivity index (χ0v) is 24.7. The number of rotatable bonds is 4. The molecule has 0 saturated heterocycles. The number of aromatic nitrogens is 1. The molecule has 0 atom stereocenters. The lowest BCUT2D eigenvalue weighted by Crippen LogP contribution is -2.08. The quantitative estimate of drug-likeness (QED) is 0.191. The Morgan fingerprint density at radius 2 is 1.02 bits per heavy atom. The van der Waals surface area contributed by atoms with Crippen LogP contribution in [0, 0.1) is 0 Å². The van der Waals surface area contributed by atoms with Gasteiger partial charge >= 0.3 is 0 Å². The van der Waals surface area contributed by atoms with Crippen LogP contribution in [0.15, 0.2) is 152 Å². The van der Waals surface area contributed by atoms with Crippen molar-refractivity contribution in [3.05, 3.63) is 185 Å². The molecule has 1 heterocycles. The minimum Gasteiger partial charge on any atom is -0.309 e. The fourth-order valence-electron chi connectivity index (χ4n) is 7.17. The highest BCUT2D eigenvalue weighted by Gasteiger charge is 2.19. The van der Waals surface area contributed by atoms with Crippen LogP contribution in [0.5, 0.6) is 0 Å². The number of carbonyl (C=O) groups is 1. The summed E-state index contributed by atoms with van der Waals surface area (Å²) in [6.07, 6.45) is 1.87. The summed E-state index contributed by atoms with van der Waals surface area (Å²) in [6, 6.07) is 53.3. The molecule has 0 fully saturated rings. The van der Waals surface area contributed by atoms with Crippen LogP contribution in [0.2, 0.25) is 0 Å². The van der Waals surface area contributed by atoms with Gasteiger partial charge in [0.1, 0.15) is 0 Å². The first-order valence-electron chi connectivity index (χ1n) is 15.6. The second-order valence-electron chi connectivity index (χ2n) is 12.1. The molecule has 8 aromatic rings. The van der Waals surface area contributed by atoms with Gasteiger partial charge in [0.15, 0.2) is 5.78 Å². The number of ketones is 1. The Labute approximate surface area is 261 Å². The minimum atomic E-state index is 0.0507. The molecular weight excluding hydrogens is 546 g/mol. The Hall–Kier alpha value is -5.73. The van der Waals surface area contributed by atoms with Gasteiger partial charge in [-0.3, -0.25) is 4.79 Å². The molecule has 45 heavy (non-hydrogen) atoms. The normalized spacial score (nSPS) is 12.4. The smallest absolute Gasteiger partial charge is 0.193 e. The number of benzene rings is 7. The third kappa shape index (κ3) is 4.29. The minimum absolute atomic E-state index is 0.0507. The van der Waals surface area contributed by atoms with Crippen molar-refractivity contribution in [2.45, 2.75) is 12.8 Å². The van der Waals surface area contributed by atoms with E-state index in [9.17, 15) is 4.79 Å². The van der Waals surface area contributed by atoms with Crippen LogP contribution in [-0.4, -0.2) is 10.4 Å². The van der Waals surface area contributed by atoms with Gasteiger partial charge in [0.25, 0.3) is 0 Å².